The van der Waals surface area contributed by atoms with Gasteiger partial charge >= 0.3 is 0 Å². The maximum absolute atomic E-state index is 5.76. The molecule has 4 heteroatoms. The zero-order chi connectivity index (χ0) is 11.0. The molecule has 1 aliphatic rings. The predicted molar refractivity (Wildman–Crippen MR) is 64.2 cm³/mol. The van der Waals surface area contributed by atoms with Crippen molar-refractivity contribution in [2.45, 2.75) is 24.9 Å². The van der Waals surface area contributed by atoms with Crippen LogP contribution in [0.2, 0.25) is 0 Å². The minimum absolute atomic E-state index is 0.348. The molecule has 3 N–H and O–H groups in total. The summed E-state index contributed by atoms with van der Waals surface area (Å²) < 4.78 is 0. The molecule has 1 heterocycles. The molecule has 1 saturated carbocycles. The Balaban J connectivity index is 1.91. The fourth-order valence-corrected chi connectivity index (χ4v) is 2.11. The molecule has 3 rings (SSSR count). The second-order valence-corrected chi connectivity index (χ2v) is 4.35. The Morgan fingerprint density at radius 1 is 1.25 bits per heavy atom. The fraction of sp³-hybridized carbons (Fsp3) is 0.333. The van der Waals surface area contributed by atoms with Gasteiger partial charge in [-0.15, -0.1) is 5.10 Å². The van der Waals surface area contributed by atoms with Crippen LogP contribution in [0.4, 0.5) is 5.82 Å². The Kier molecular flexibility index (Phi) is 2.22. The average molecular weight is 214 g/mol. The molecule has 2 aromatic rings. The van der Waals surface area contributed by atoms with Gasteiger partial charge in [-0.2, -0.15) is 5.10 Å². The molecule has 16 heavy (non-hydrogen) atoms. The minimum Gasteiger partial charge on any atom is -0.365 e. The Morgan fingerprint density at radius 3 is 2.88 bits per heavy atom. The van der Waals surface area contributed by atoms with E-state index in [0.717, 1.165) is 29.4 Å². The molecule has 0 spiro atoms. The molecular formula is C12H14N4. The topological polar surface area (TPSA) is 63.8 Å². The molecular weight excluding hydrogens is 200 g/mol. The number of fused-ring (bicyclic) bond motifs is 1. The van der Waals surface area contributed by atoms with E-state index in [2.05, 4.69) is 21.6 Å². The van der Waals surface area contributed by atoms with Crippen LogP contribution in [0.15, 0.2) is 30.5 Å². The summed E-state index contributed by atoms with van der Waals surface area (Å²) in [6, 6.07) is 8.93. The van der Waals surface area contributed by atoms with Gasteiger partial charge in [0.1, 0.15) is 0 Å². The van der Waals surface area contributed by atoms with Crippen LogP contribution in [0.1, 0.15) is 12.8 Å². The number of nitrogens with two attached hydrogens (primary N) is 1. The third kappa shape index (κ3) is 1.61. The highest BCUT2D eigenvalue weighted by Gasteiger charge is 2.26. The fourth-order valence-electron chi connectivity index (χ4n) is 2.11. The lowest BCUT2D eigenvalue weighted by Gasteiger charge is -2.33. The average Bonchev–Trinajstić information content (AvgIpc) is 2.27. The van der Waals surface area contributed by atoms with E-state index in [4.69, 9.17) is 5.73 Å². The van der Waals surface area contributed by atoms with Gasteiger partial charge in [-0.25, -0.2) is 0 Å². The summed E-state index contributed by atoms with van der Waals surface area (Å²) in [5.74, 6) is 0.870. The van der Waals surface area contributed by atoms with E-state index in [1.807, 2.05) is 18.2 Å². The highest BCUT2D eigenvalue weighted by molar-refractivity contribution is 5.90. The smallest absolute Gasteiger partial charge is 0.156 e. The summed E-state index contributed by atoms with van der Waals surface area (Å²) in [6.45, 7) is 0. The van der Waals surface area contributed by atoms with Gasteiger partial charge in [-0.05, 0) is 12.8 Å². The molecule has 4 nitrogen and oxygen atoms in total. The summed E-state index contributed by atoms with van der Waals surface area (Å²) >= 11 is 0. The van der Waals surface area contributed by atoms with Crippen molar-refractivity contribution in [3.05, 3.63) is 30.5 Å². The lowest BCUT2D eigenvalue weighted by atomic mass is 9.87. The van der Waals surface area contributed by atoms with E-state index in [1.165, 1.54) is 0 Å². The second-order valence-electron chi connectivity index (χ2n) is 4.35. The van der Waals surface area contributed by atoms with Gasteiger partial charge in [0, 0.05) is 22.9 Å². The van der Waals surface area contributed by atoms with Gasteiger partial charge in [-0.3, -0.25) is 0 Å². The van der Waals surface area contributed by atoms with E-state index >= 15 is 0 Å². The van der Waals surface area contributed by atoms with Gasteiger partial charge in [-0.1, -0.05) is 24.3 Å². The van der Waals surface area contributed by atoms with Crippen molar-refractivity contribution in [3.8, 4) is 0 Å². The first-order valence-corrected chi connectivity index (χ1v) is 5.55. The van der Waals surface area contributed by atoms with Crippen molar-refractivity contribution in [3.63, 3.8) is 0 Å². The van der Waals surface area contributed by atoms with Crippen LogP contribution >= 0.6 is 0 Å². The molecule has 1 aromatic carbocycles. The van der Waals surface area contributed by atoms with Crippen molar-refractivity contribution in [1.82, 2.24) is 10.2 Å². The minimum atomic E-state index is 0.348. The molecule has 82 valence electrons. The van der Waals surface area contributed by atoms with Crippen molar-refractivity contribution in [2.75, 3.05) is 5.32 Å². The molecule has 0 atom stereocenters. The molecule has 0 aliphatic heterocycles. The lowest BCUT2D eigenvalue weighted by Crippen LogP contribution is -2.44. The number of rotatable bonds is 2. The number of aromatic nitrogens is 2. The van der Waals surface area contributed by atoms with Crippen LogP contribution in [0, 0.1) is 0 Å². The van der Waals surface area contributed by atoms with Crippen LogP contribution in [0.3, 0.4) is 0 Å². The van der Waals surface area contributed by atoms with Crippen molar-refractivity contribution < 1.29 is 0 Å². The molecule has 1 aromatic heterocycles. The normalized spacial score (nSPS) is 24.1. The third-order valence-corrected chi connectivity index (χ3v) is 3.09. The largest absolute Gasteiger partial charge is 0.365 e. The van der Waals surface area contributed by atoms with Crippen LogP contribution in [0.25, 0.3) is 10.8 Å². The van der Waals surface area contributed by atoms with Gasteiger partial charge in [0.25, 0.3) is 0 Å². The van der Waals surface area contributed by atoms with Crippen molar-refractivity contribution in [2.24, 2.45) is 5.73 Å². The molecule has 0 unspecified atom stereocenters. The molecule has 0 amide bonds. The highest BCUT2D eigenvalue weighted by Crippen LogP contribution is 2.25. The second kappa shape index (κ2) is 3.72. The Labute approximate surface area is 93.9 Å². The van der Waals surface area contributed by atoms with Crippen molar-refractivity contribution in [1.29, 1.82) is 0 Å². The first kappa shape index (κ1) is 9.54. The number of anilines is 1. The van der Waals surface area contributed by atoms with Crippen LogP contribution in [0.5, 0.6) is 0 Å². The molecule has 0 radical (unpaired) electrons. The molecule has 0 saturated heterocycles. The summed E-state index contributed by atoms with van der Waals surface area (Å²) in [5.41, 5.74) is 5.76. The number of hydrogen-bond donors (Lipinski definition) is 2. The maximum atomic E-state index is 5.76. The molecule has 1 aliphatic carbocycles. The zero-order valence-electron chi connectivity index (χ0n) is 8.93. The summed E-state index contributed by atoms with van der Waals surface area (Å²) in [5, 5.41) is 13.8. The Morgan fingerprint density at radius 2 is 2.06 bits per heavy atom. The van der Waals surface area contributed by atoms with Gasteiger partial charge in [0.2, 0.25) is 0 Å². The Hall–Kier alpha value is -1.68. The van der Waals surface area contributed by atoms with E-state index in [9.17, 15) is 0 Å². The summed E-state index contributed by atoms with van der Waals surface area (Å²) in [4.78, 5) is 0. The van der Waals surface area contributed by atoms with E-state index in [1.54, 1.807) is 6.20 Å². The van der Waals surface area contributed by atoms with Gasteiger partial charge in [0.15, 0.2) is 5.82 Å². The SMILES string of the molecule is NC1CC(Nc2nncc3ccccc23)C1. The number of benzene rings is 1. The van der Waals surface area contributed by atoms with Gasteiger partial charge in [0.05, 0.1) is 6.20 Å². The summed E-state index contributed by atoms with van der Waals surface area (Å²) in [6.07, 6.45) is 3.82. The van der Waals surface area contributed by atoms with Crippen LogP contribution in [-0.4, -0.2) is 22.3 Å². The van der Waals surface area contributed by atoms with Crippen LogP contribution < -0.4 is 11.1 Å². The molecule has 0 bridgehead atoms. The number of nitrogens with zero attached hydrogens (tertiary/aromatic N) is 2. The van der Waals surface area contributed by atoms with E-state index in [-0.39, 0.29) is 0 Å². The number of hydrogen-bond acceptors (Lipinski definition) is 4. The summed E-state index contributed by atoms with van der Waals surface area (Å²) in [7, 11) is 0. The first-order chi connectivity index (χ1) is 7.83. The quantitative estimate of drug-likeness (QED) is 0.795. The maximum Gasteiger partial charge on any atom is 0.156 e. The monoisotopic (exact) mass is 214 g/mol. The predicted octanol–water partition coefficient (Wildman–Crippen LogP) is 1.53. The highest BCUT2D eigenvalue weighted by atomic mass is 15.2. The van der Waals surface area contributed by atoms with Crippen LogP contribution in [-0.2, 0) is 0 Å². The zero-order valence-corrected chi connectivity index (χ0v) is 8.93. The standard InChI is InChI=1S/C12H14N4/c13-9-5-10(6-9)15-12-11-4-2-1-3-8(11)7-14-16-12/h1-4,7,9-10H,5-6,13H2,(H,15,16). The Bertz CT molecular complexity index is 500. The van der Waals surface area contributed by atoms with E-state index in [0.29, 0.717) is 12.1 Å². The lowest BCUT2D eigenvalue weighted by molar-refractivity contribution is 0.373. The number of nitrogens with one attached hydrogen (secondary N) is 1. The van der Waals surface area contributed by atoms with Crippen molar-refractivity contribution >= 4 is 16.6 Å². The van der Waals surface area contributed by atoms with Gasteiger partial charge < -0.3 is 11.1 Å². The first-order valence-electron chi connectivity index (χ1n) is 5.55. The molecule has 1 fully saturated rings. The van der Waals surface area contributed by atoms with E-state index < -0.39 is 0 Å². The third-order valence-electron chi connectivity index (χ3n) is 3.09.